The fraction of sp³-hybridized carbons (Fsp3) is 0.500. The maximum Gasteiger partial charge on any atom is 0.249 e. The van der Waals surface area contributed by atoms with Gasteiger partial charge in [0.1, 0.15) is 12.4 Å². The van der Waals surface area contributed by atoms with E-state index in [1.807, 2.05) is 23.1 Å². The van der Waals surface area contributed by atoms with Gasteiger partial charge in [-0.25, -0.2) is 4.39 Å². The van der Waals surface area contributed by atoms with Gasteiger partial charge in [-0.3, -0.25) is 4.79 Å². The molecule has 29 heavy (non-hydrogen) atoms. The summed E-state index contributed by atoms with van der Waals surface area (Å²) >= 11 is 0. The van der Waals surface area contributed by atoms with Gasteiger partial charge in [0.15, 0.2) is 5.82 Å². The van der Waals surface area contributed by atoms with Gasteiger partial charge in [-0.05, 0) is 35.7 Å². The minimum absolute atomic E-state index is 0.0388. The molecule has 3 atom stereocenters. The van der Waals surface area contributed by atoms with Crippen molar-refractivity contribution in [2.75, 3.05) is 38.3 Å². The van der Waals surface area contributed by atoms with Crippen LogP contribution in [-0.2, 0) is 9.53 Å². The average Bonchev–Trinajstić information content (AvgIpc) is 3.26. The summed E-state index contributed by atoms with van der Waals surface area (Å²) in [6.45, 7) is 6.44. The maximum atomic E-state index is 13.9. The van der Waals surface area contributed by atoms with E-state index in [9.17, 15) is 9.18 Å². The molecule has 2 fully saturated rings. The number of amides is 1. The molecule has 2 saturated heterocycles. The number of hydrogen-bond acceptors (Lipinski definition) is 5. The highest BCUT2D eigenvalue weighted by atomic mass is 19.1. The first-order chi connectivity index (χ1) is 14.0. The molecule has 6 nitrogen and oxygen atoms in total. The molecule has 3 heterocycles. The van der Waals surface area contributed by atoms with Gasteiger partial charge in [-0.15, -0.1) is 5.10 Å². The van der Waals surface area contributed by atoms with Gasteiger partial charge < -0.3 is 14.5 Å². The van der Waals surface area contributed by atoms with Crippen molar-refractivity contribution in [3.63, 3.8) is 0 Å². The van der Waals surface area contributed by atoms with Crippen LogP contribution in [0.5, 0.6) is 0 Å². The summed E-state index contributed by atoms with van der Waals surface area (Å²) in [5, 5.41) is 8.77. The lowest BCUT2D eigenvalue weighted by molar-refractivity contribution is -0.136. The molecule has 0 bridgehead atoms. The summed E-state index contributed by atoms with van der Waals surface area (Å²) in [4.78, 5) is 16.8. The van der Waals surface area contributed by atoms with Crippen molar-refractivity contribution in [1.82, 2.24) is 15.1 Å². The normalized spacial score (nSPS) is 23.7. The van der Waals surface area contributed by atoms with Crippen LogP contribution in [0.25, 0.3) is 0 Å². The van der Waals surface area contributed by atoms with E-state index in [-0.39, 0.29) is 30.3 Å². The molecule has 0 spiro atoms. The van der Waals surface area contributed by atoms with Crippen LogP contribution in [0.1, 0.15) is 37.1 Å². The van der Waals surface area contributed by atoms with Gasteiger partial charge in [0, 0.05) is 38.6 Å². The third kappa shape index (κ3) is 3.83. The van der Waals surface area contributed by atoms with Crippen LogP contribution in [-0.4, -0.2) is 54.4 Å². The molecular weight excluding hydrogens is 371 g/mol. The minimum Gasteiger partial charge on any atom is -0.375 e. The van der Waals surface area contributed by atoms with Crippen molar-refractivity contribution in [2.24, 2.45) is 11.8 Å². The fourth-order valence-electron chi connectivity index (χ4n) is 4.62. The van der Waals surface area contributed by atoms with E-state index < -0.39 is 0 Å². The van der Waals surface area contributed by atoms with Crippen molar-refractivity contribution in [3.8, 4) is 0 Å². The number of halogens is 1. The highest BCUT2D eigenvalue weighted by Gasteiger charge is 2.49. The number of carbonyl (C=O) groups is 1. The molecule has 4 rings (SSSR count). The average molecular weight is 398 g/mol. The van der Waals surface area contributed by atoms with Crippen molar-refractivity contribution in [1.29, 1.82) is 0 Å². The molecule has 1 aromatic heterocycles. The van der Waals surface area contributed by atoms with Gasteiger partial charge in [-0.1, -0.05) is 26.0 Å². The summed E-state index contributed by atoms with van der Waals surface area (Å²) in [5.41, 5.74) is 1.81. The molecule has 2 aliphatic heterocycles. The number of carbonyl (C=O) groups excluding carboxylic acids is 1. The highest BCUT2D eigenvalue weighted by molar-refractivity contribution is 5.78. The number of likely N-dealkylation sites (tertiary alicyclic amines) is 1. The zero-order chi connectivity index (χ0) is 20.5. The number of fused-ring (bicyclic) bond motifs is 1. The second-order valence-corrected chi connectivity index (χ2v) is 8.28. The Hall–Kier alpha value is -2.54. The Labute approximate surface area is 170 Å². The Morgan fingerprint density at radius 3 is 2.69 bits per heavy atom. The van der Waals surface area contributed by atoms with Gasteiger partial charge in [0.05, 0.1) is 11.7 Å². The molecule has 154 valence electrons. The third-order valence-electron chi connectivity index (χ3n) is 6.03. The highest BCUT2D eigenvalue weighted by Crippen LogP contribution is 2.45. The SMILES string of the molecule is COCC(=O)N1C[C@H]2CN(c3ccc(C(C)C)nn3)C[C@H]2[C@@H]1c1cccc(F)c1. The molecule has 1 amide bonds. The second kappa shape index (κ2) is 8.06. The van der Waals surface area contributed by atoms with Crippen LogP contribution in [0.3, 0.4) is 0 Å². The summed E-state index contributed by atoms with van der Waals surface area (Å²) < 4.78 is 19.0. The fourth-order valence-corrected chi connectivity index (χ4v) is 4.62. The number of ether oxygens (including phenoxy) is 1. The predicted octanol–water partition coefficient (Wildman–Crippen LogP) is 3.02. The topological polar surface area (TPSA) is 58.6 Å². The Balaban J connectivity index is 1.59. The van der Waals surface area contributed by atoms with E-state index >= 15 is 0 Å². The molecule has 0 radical (unpaired) electrons. The lowest BCUT2D eigenvalue weighted by Gasteiger charge is -2.30. The number of anilines is 1. The summed E-state index contributed by atoms with van der Waals surface area (Å²) in [7, 11) is 1.52. The van der Waals surface area contributed by atoms with Gasteiger partial charge in [-0.2, -0.15) is 5.10 Å². The number of methoxy groups -OCH3 is 1. The van der Waals surface area contributed by atoms with Gasteiger partial charge in [0.25, 0.3) is 0 Å². The van der Waals surface area contributed by atoms with E-state index in [1.54, 1.807) is 12.1 Å². The quantitative estimate of drug-likeness (QED) is 0.775. The summed E-state index contributed by atoms with van der Waals surface area (Å²) in [6.07, 6.45) is 0. The molecule has 0 saturated carbocycles. The van der Waals surface area contributed by atoms with Crippen LogP contribution in [0.15, 0.2) is 36.4 Å². The molecular formula is C22H27FN4O2. The summed E-state index contributed by atoms with van der Waals surface area (Å²) in [5.74, 6) is 1.38. The van der Waals surface area contributed by atoms with Gasteiger partial charge >= 0.3 is 0 Å². The predicted molar refractivity (Wildman–Crippen MR) is 108 cm³/mol. The number of aromatic nitrogens is 2. The van der Waals surface area contributed by atoms with E-state index in [1.165, 1.54) is 13.2 Å². The monoisotopic (exact) mass is 398 g/mol. The largest absolute Gasteiger partial charge is 0.375 e. The van der Waals surface area contributed by atoms with Crippen molar-refractivity contribution in [3.05, 3.63) is 53.5 Å². The zero-order valence-electron chi connectivity index (χ0n) is 17.1. The zero-order valence-corrected chi connectivity index (χ0v) is 17.1. The number of hydrogen-bond donors (Lipinski definition) is 0. The number of rotatable bonds is 5. The van der Waals surface area contributed by atoms with E-state index in [0.717, 1.165) is 30.2 Å². The maximum absolute atomic E-state index is 13.9. The standard InChI is InChI=1S/C22H27FN4O2/c1-14(2)19-7-8-20(25-24-19)26-10-16-11-27(21(28)13-29-3)22(18(16)12-26)15-5-4-6-17(23)9-15/h4-9,14,16,18,22H,10-13H2,1-3H3/t16-,18-,22+/m1/s1. The minimum atomic E-state index is -0.282. The van der Waals surface area contributed by atoms with Crippen LogP contribution >= 0.6 is 0 Å². The first-order valence-electron chi connectivity index (χ1n) is 10.1. The molecule has 1 aromatic carbocycles. The Bertz CT molecular complexity index is 873. The molecule has 2 aromatic rings. The molecule has 7 heteroatoms. The molecule has 2 aliphatic rings. The third-order valence-corrected chi connectivity index (χ3v) is 6.03. The lowest BCUT2D eigenvalue weighted by atomic mass is 9.89. The van der Waals surface area contributed by atoms with Crippen LogP contribution < -0.4 is 4.90 Å². The van der Waals surface area contributed by atoms with Gasteiger partial charge in [0.2, 0.25) is 5.91 Å². The van der Waals surface area contributed by atoms with E-state index in [4.69, 9.17) is 4.74 Å². The van der Waals surface area contributed by atoms with Crippen LogP contribution in [0.4, 0.5) is 10.2 Å². The van der Waals surface area contributed by atoms with Crippen LogP contribution in [0.2, 0.25) is 0 Å². The Morgan fingerprint density at radius 1 is 1.21 bits per heavy atom. The molecule has 0 unspecified atom stereocenters. The Morgan fingerprint density at radius 2 is 2.03 bits per heavy atom. The number of benzene rings is 1. The summed E-state index contributed by atoms with van der Waals surface area (Å²) in [6, 6.07) is 10.5. The van der Waals surface area contributed by atoms with Crippen molar-refractivity contribution >= 4 is 11.7 Å². The van der Waals surface area contributed by atoms with Crippen molar-refractivity contribution < 1.29 is 13.9 Å². The smallest absolute Gasteiger partial charge is 0.249 e. The van der Waals surface area contributed by atoms with Crippen LogP contribution in [0, 0.1) is 17.7 Å². The first-order valence-corrected chi connectivity index (χ1v) is 10.1. The number of nitrogens with zero attached hydrogens (tertiary/aromatic N) is 4. The molecule has 0 aliphatic carbocycles. The van der Waals surface area contributed by atoms with E-state index in [0.29, 0.717) is 18.4 Å². The van der Waals surface area contributed by atoms with E-state index in [2.05, 4.69) is 28.9 Å². The molecule has 0 N–H and O–H groups in total. The first kappa shape index (κ1) is 19.8. The van der Waals surface area contributed by atoms with Crippen molar-refractivity contribution in [2.45, 2.75) is 25.8 Å². The second-order valence-electron chi connectivity index (χ2n) is 8.28. The Kier molecular flexibility index (Phi) is 5.50. The lowest BCUT2D eigenvalue weighted by Crippen LogP contribution is -2.37.